The first-order valence-corrected chi connectivity index (χ1v) is 20.6. The molecule has 2 aromatic heterocycles. The van der Waals surface area contributed by atoms with Crippen LogP contribution in [0, 0.1) is 0 Å². The zero-order valence-electron chi connectivity index (χ0n) is 34.5. The van der Waals surface area contributed by atoms with Crippen LogP contribution < -0.4 is 27.8 Å². The first kappa shape index (κ1) is 45.0. The van der Waals surface area contributed by atoms with Crippen molar-refractivity contribution in [2.45, 2.75) is 69.4 Å². The second-order valence-corrected chi connectivity index (χ2v) is 14.7. The number of ether oxygens (including phenoxy) is 1. The highest BCUT2D eigenvalue weighted by molar-refractivity contribution is 5.95. The molecular formula is C46H49N9O8. The first-order chi connectivity index (χ1) is 30.6. The third-order valence-electron chi connectivity index (χ3n) is 10.1. The lowest BCUT2D eigenvalue weighted by molar-refractivity contribution is -0.144. The van der Waals surface area contributed by atoms with Crippen molar-refractivity contribution in [1.82, 2.24) is 31.0 Å². The summed E-state index contributed by atoms with van der Waals surface area (Å²) >= 11 is 0. The number of amides is 4. The molecule has 0 radical (unpaired) electrons. The summed E-state index contributed by atoms with van der Waals surface area (Å²) in [6.45, 7) is 0.757. The molecule has 7 rings (SSSR count). The molecule has 326 valence electrons. The Bertz CT molecular complexity index is 2430. The van der Waals surface area contributed by atoms with Crippen LogP contribution in [0.1, 0.15) is 112 Å². The molecule has 1 aliphatic rings. The predicted octanol–water partition coefficient (Wildman–Crippen LogP) is 4.79. The Morgan fingerprint density at radius 3 is 1.49 bits per heavy atom. The van der Waals surface area contributed by atoms with E-state index in [1.807, 2.05) is 36.4 Å². The number of nitrogens with one attached hydrogen (secondary N) is 2. The average Bonchev–Trinajstić information content (AvgIpc) is 4.04. The van der Waals surface area contributed by atoms with Crippen molar-refractivity contribution in [2.75, 3.05) is 13.2 Å². The van der Waals surface area contributed by atoms with Crippen LogP contribution in [0.5, 0.6) is 0 Å². The lowest BCUT2D eigenvalue weighted by atomic mass is 9.98. The topological polar surface area (TPSA) is 275 Å². The summed E-state index contributed by atoms with van der Waals surface area (Å²) in [6.07, 6.45) is 2.74. The van der Waals surface area contributed by atoms with E-state index in [1.54, 1.807) is 48.5 Å². The number of hydrogen-bond acceptors (Lipinski definition) is 13. The summed E-state index contributed by atoms with van der Waals surface area (Å²) in [4.78, 5) is 59.8. The number of rotatable bonds is 20. The van der Waals surface area contributed by atoms with Gasteiger partial charge in [0, 0.05) is 23.5 Å². The van der Waals surface area contributed by atoms with Gasteiger partial charge < -0.3 is 41.4 Å². The monoisotopic (exact) mass is 855 g/mol. The Balaban J connectivity index is 0.000000244. The van der Waals surface area contributed by atoms with E-state index in [-0.39, 0.29) is 73.1 Å². The van der Waals surface area contributed by atoms with Gasteiger partial charge in [0.2, 0.25) is 35.4 Å². The molecule has 17 heteroatoms. The Labute approximate surface area is 363 Å². The van der Waals surface area contributed by atoms with Gasteiger partial charge in [-0.1, -0.05) is 91.3 Å². The van der Waals surface area contributed by atoms with Gasteiger partial charge in [-0.25, -0.2) is 0 Å². The van der Waals surface area contributed by atoms with E-state index >= 15 is 0 Å². The van der Waals surface area contributed by atoms with Gasteiger partial charge in [-0.05, 0) is 78.7 Å². The smallest absolute Gasteiger partial charge is 0.305 e. The Morgan fingerprint density at radius 2 is 1.03 bits per heavy atom. The fourth-order valence-electron chi connectivity index (χ4n) is 7.06. The molecule has 4 amide bonds. The fourth-order valence-corrected chi connectivity index (χ4v) is 7.06. The number of nitrogens with two attached hydrogens (primary N) is 3. The third kappa shape index (κ3) is 12.7. The van der Waals surface area contributed by atoms with Crippen LogP contribution in [0.4, 0.5) is 0 Å². The van der Waals surface area contributed by atoms with Crippen LogP contribution in [0.3, 0.4) is 0 Å². The van der Waals surface area contributed by atoms with Crippen molar-refractivity contribution in [3.63, 3.8) is 0 Å². The second-order valence-electron chi connectivity index (χ2n) is 14.7. The molecule has 2 atom stereocenters. The molecule has 8 N–H and O–H groups in total. The van der Waals surface area contributed by atoms with E-state index in [9.17, 15) is 24.0 Å². The van der Waals surface area contributed by atoms with Gasteiger partial charge in [0.05, 0.1) is 0 Å². The molecule has 0 aliphatic heterocycles. The SMILES string of the molecule is NC(=O)Cc1nnc([C@H](CCCCC(=O)OCC2c3ccccc3-c3ccccc32)NC(=O)c2ccccc2)o1.NCCC[C@H](NC(=O)c1ccccc1)c1nnc(CC(N)=O)o1. The summed E-state index contributed by atoms with van der Waals surface area (Å²) < 4.78 is 16.7. The summed E-state index contributed by atoms with van der Waals surface area (Å²) in [5, 5.41) is 21.3. The summed E-state index contributed by atoms with van der Waals surface area (Å²) in [5.41, 5.74) is 21.6. The minimum atomic E-state index is -0.594. The largest absolute Gasteiger partial charge is 0.465 e. The van der Waals surface area contributed by atoms with Crippen LogP contribution in [-0.4, -0.2) is 63.1 Å². The van der Waals surface area contributed by atoms with Gasteiger partial charge >= 0.3 is 5.97 Å². The molecule has 0 bridgehead atoms. The van der Waals surface area contributed by atoms with E-state index in [2.05, 4.69) is 55.3 Å². The number of benzene rings is 4. The molecule has 4 aromatic carbocycles. The van der Waals surface area contributed by atoms with Gasteiger partial charge in [0.15, 0.2) is 0 Å². The van der Waals surface area contributed by atoms with E-state index in [4.69, 9.17) is 30.8 Å². The maximum atomic E-state index is 12.8. The van der Waals surface area contributed by atoms with Crippen molar-refractivity contribution in [3.8, 4) is 11.1 Å². The number of esters is 1. The van der Waals surface area contributed by atoms with E-state index in [0.717, 1.165) is 0 Å². The molecule has 0 spiro atoms. The Morgan fingerprint density at radius 1 is 0.587 bits per heavy atom. The summed E-state index contributed by atoms with van der Waals surface area (Å²) in [7, 11) is 0. The van der Waals surface area contributed by atoms with Gasteiger partial charge in [0.1, 0.15) is 31.5 Å². The third-order valence-corrected chi connectivity index (χ3v) is 10.1. The van der Waals surface area contributed by atoms with E-state index in [1.165, 1.54) is 22.3 Å². The van der Waals surface area contributed by atoms with Crippen molar-refractivity contribution >= 4 is 29.6 Å². The predicted molar refractivity (Wildman–Crippen MR) is 229 cm³/mol. The number of carbonyl (C=O) groups excluding carboxylic acids is 5. The highest BCUT2D eigenvalue weighted by Crippen LogP contribution is 2.44. The summed E-state index contributed by atoms with van der Waals surface area (Å²) in [6, 6.07) is 33.0. The van der Waals surface area contributed by atoms with Gasteiger partial charge in [-0.2, -0.15) is 0 Å². The van der Waals surface area contributed by atoms with Crippen molar-refractivity contribution in [2.24, 2.45) is 17.2 Å². The molecule has 0 saturated carbocycles. The van der Waals surface area contributed by atoms with Crippen molar-refractivity contribution < 1.29 is 37.5 Å². The fraction of sp³-hybridized carbons (Fsp3) is 0.283. The van der Waals surface area contributed by atoms with Crippen LogP contribution in [0.25, 0.3) is 11.1 Å². The molecule has 0 unspecified atom stereocenters. The number of nitrogens with zero attached hydrogens (tertiary/aromatic N) is 4. The lowest BCUT2D eigenvalue weighted by Crippen LogP contribution is -2.29. The quantitative estimate of drug-likeness (QED) is 0.0511. The molecule has 17 nitrogen and oxygen atoms in total. The minimum Gasteiger partial charge on any atom is -0.465 e. The number of primary amides is 2. The van der Waals surface area contributed by atoms with Gasteiger partial charge in [0.25, 0.3) is 11.8 Å². The Hall–Kier alpha value is -7.53. The minimum absolute atomic E-state index is 0.0149. The molecule has 63 heavy (non-hydrogen) atoms. The number of hydrogen-bond donors (Lipinski definition) is 5. The number of unbranched alkanes of at least 4 members (excludes halogenated alkanes) is 1. The lowest BCUT2D eigenvalue weighted by Gasteiger charge is -2.16. The van der Waals surface area contributed by atoms with Crippen LogP contribution in [-0.2, 0) is 32.0 Å². The van der Waals surface area contributed by atoms with E-state index in [0.29, 0.717) is 49.8 Å². The van der Waals surface area contributed by atoms with Crippen LogP contribution >= 0.6 is 0 Å². The van der Waals surface area contributed by atoms with Crippen molar-refractivity contribution in [3.05, 3.63) is 155 Å². The van der Waals surface area contributed by atoms with Crippen LogP contribution in [0.15, 0.2) is 118 Å². The standard InChI is InChI=1S/C31H30N4O5.C15H19N5O3/c32-27(36)18-28-34-35-31(40-28)26(33-30(38)20-10-2-1-3-11-20)16-8-9-17-29(37)39-19-25-23-14-6-4-12-21(23)22-13-5-7-15-24(22)25;16-8-4-7-11(15-20-19-13(23-15)9-12(17)21)18-14(22)10-5-2-1-3-6-10/h1-7,10-15,25-26H,8-9,16-19H2,(H2,32,36)(H,33,38);1-3,5-6,11H,4,7-9,16H2,(H2,17,21)(H,18,22)/t26-;11-/m00/s1. The second kappa shape index (κ2) is 22.4. The number of carbonyl (C=O) groups is 5. The molecular weight excluding hydrogens is 807 g/mol. The van der Waals surface area contributed by atoms with E-state index < -0.39 is 23.9 Å². The van der Waals surface area contributed by atoms with Gasteiger partial charge in [-0.15, -0.1) is 20.4 Å². The molecule has 0 fully saturated rings. The van der Waals surface area contributed by atoms with Crippen molar-refractivity contribution in [1.29, 1.82) is 0 Å². The average molecular weight is 856 g/mol. The molecule has 2 heterocycles. The molecule has 0 saturated heterocycles. The number of fused-ring (bicyclic) bond motifs is 3. The number of aromatic nitrogens is 4. The zero-order valence-corrected chi connectivity index (χ0v) is 34.5. The van der Waals surface area contributed by atoms with Crippen LogP contribution in [0.2, 0.25) is 0 Å². The summed E-state index contributed by atoms with van der Waals surface area (Å²) in [5.74, 6) is -1.33. The molecule has 1 aliphatic carbocycles. The highest BCUT2D eigenvalue weighted by atomic mass is 16.5. The maximum absolute atomic E-state index is 12.8. The zero-order chi connectivity index (χ0) is 44.6. The first-order valence-electron chi connectivity index (χ1n) is 20.6. The van der Waals surface area contributed by atoms with Gasteiger partial charge in [-0.3, -0.25) is 24.0 Å². The normalized spacial score (nSPS) is 12.5. The Kier molecular flexibility index (Phi) is 16.0. The maximum Gasteiger partial charge on any atom is 0.305 e. The highest BCUT2D eigenvalue weighted by Gasteiger charge is 2.29. The molecule has 6 aromatic rings.